The minimum Gasteiger partial charge on any atom is -0.507 e. The molecule has 0 aliphatic heterocycles. The standard InChI is InChI=1S/C24H35N3O5S/c1-4-31-15-16-32-14-13-27(12-11-19-5-7-20(8-6-19)18(2)3)33(29,30)23-17-21(24(25)26)9-10-22(23)28/h5-10,17-18,28H,4,11-16H2,1-3H3,(H3,25,26). The van der Waals surface area contributed by atoms with Crippen LogP contribution < -0.4 is 5.73 Å². The summed E-state index contributed by atoms with van der Waals surface area (Å²) in [7, 11) is -4.06. The first-order chi connectivity index (χ1) is 15.7. The second kappa shape index (κ2) is 12.7. The minimum atomic E-state index is -4.06. The fourth-order valence-electron chi connectivity index (χ4n) is 3.23. The van der Waals surface area contributed by atoms with E-state index in [1.165, 1.54) is 28.1 Å². The Morgan fingerprint density at radius 1 is 1.06 bits per heavy atom. The van der Waals surface area contributed by atoms with E-state index in [0.717, 1.165) is 5.56 Å². The second-order valence-corrected chi connectivity index (χ2v) is 9.86. The van der Waals surface area contributed by atoms with Crippen molar-refractivity contribution in [3.63, 3.8) is 0 Å². The first-order valence-electron chi connectivity index (χ1n) is 11.1. The van der Waals surface area contributed by atoms with Crippen molar-refractivity contribution in [2.24, 2.45) is 5.73 Å². The van der Waals surface area contributed by atoms with Gasteiger partial charge in [-0.2, -0.15) is 4.31 Å². The fourth-order valence-corrected chi connectivity index (χ4v) is 4.77. The summed E-state index contributed by atoms with van der Waals surface area (Å²) in [4.78, 5) is -0.278. The molecule has 0 fully saturated rings. The van der Waals surface area contributed by atoms with Crippen LogP contribution in [0.4, 0.5) is 0 Å². The lowest BCUT2D eigenvalue weighted by atomic mass is 10.0. The molecule has 0 amide bonds. The number of nitrogens with zero attached hydrogens (tertiary/aromatic N) is 1. The van der Waals surface area contributed by atoms with Gasteiger partial charge in [-0.1, -0.05) is 38.1 Å². The number of benzene rings is 2. The molecular weight excluding hydrogens is 442 g/mol. The van der Waals surface area contributed by atoms with Crippen LogP contribution in [-0.2, 0) is 25.9 Å². The molecule has 0 spiro atoms. The lowest BCUT2D eigenvalue weighted by Crippen LogP contribution is -2.36. The zero-order valence-corrected chi connectivity index (χ0v) is 20.4. The molecule has 0 bridgehead atoms. The van der Waals surface area contributed by atoms with Gasteiger partial charge in [0.25, 0.3) is 0 Å². The summed E-state index contributed by atoms with van der Waals surface area (Å²) in [5.41, 5.74) is 7.98. The van der Waals surface area contributed by atoms with Crippen LogP contribution in [0.5, 0.6) is 5.75 Å². The molecule has 2 rings (SSSR count). The Hall–Kier alpha value is -2.46. The number of ether oxygens (including phenoxy) is 2. The van der Waals surface area contributed by atoms with Crippen molar-refractivity contribution in [2.45, 2.75) is 38.0 Å². The van der Waals surface area contributed by atoms with Gasteiger partial charge >= 0.3 is 0 Å². The predicted octanol–water partition coefficient (Wildman–Crippen LogP) is 3.09. The van der Waals surface area contributed by atoms with Crippen LogP contribution in [0.3, 0.4) is 0 Å². The van der Waals surface area contributed by atoms with Crippen molar-refractivity contribution >= 4 is 15.9 Å². The van der Waals surface area contributed by atoms with Crippen LogP contribution in [0.1, 0.15) is 43.4 Å². The summed E-state index contributed by atoms with van der Waals surface area (Å²) in [5, 5.41) is 17.9. The van der Waals surface area contributed by atoms with E-state index in [4.69, 9.17) is 20.6 Å². The van der Waals surface area contributed by atoms with Crippen molar-refractivity contribution < 1.29 is 23.0 Å². The third-order valence-electron chi connectivity index (χ3n) is 5.25. The Labute approximate surface area is 196 Å². The van der Waals surface area contributed by atoms with E-state index in [9.17, 15) is 13.5 Å². The molecule has 0 unspecified atom stereocenters. The first kappa shape index (κ1) is 26.8. The van der Waals surface area contributed by atoms with Gasteiger partial charge in [0.15, 0.2) is 0 Å². The summed E-state index contributed by atoms with van der Waals surface area (Å²) >= 11 is 0. The summed E-state index contributed by atoms with van der Waals surface area (Å²) in [6.45, 7) is 8.04. The second-order valence-electron chi connectivity index (χ2n) is 7.96. The fraction of sp³-hybridized carbons (Fsp3) is 0.458. The number of phenolic OH excluding ortho intramolecular Hbond substituents is 1. The maximum atomic E-state index is 13.4. The molecule has 9 heteroatoms. The Balaban J connectivity index is 2.21. The van der Waals surface area contributed by atoms with E-state index < -0.39 is 10.0 Å². The molecular formula is C24H35N3O5S. The highest BCUT2D eigenvalue weighted by molar-refractivity contribution is 7.89. The summed E-state index contributed by atoms with van der Waals surface area (Å²) in [6.07, 6.45) is 0.504. The molecule has 0 atom stereocenters. The number of nitrogen functional groups attached to an aromatic ring is 1. The smallest absolute Gasteiger partial charge is 0.246 e. The van der Waals surface area contributed by atoms with Gasteiger partial charge < -0.3 is 20.3 Å². The number of rotatable bonds is 14. The number of hydrogen-bond donors (Lipinski definition) is 3. The number of hydrogen-bond acceptors (Lipinski definition) is 6. The Bertz CT molecular complexity index is 1010. The molecule has 0 radical (unpaired) electrons. The number of aromatic hydroxyl groups is 1. The van der Waals surface area contributed by atoms with Crippen LogP contribution in [-0.4, -0.2) is 63.2 Å². The average Bonchev–Trinajstić information content (AvgIpc) is 2.78. The molecule has 4 N–H and O–H groups in total. The topological polar surface area (TPSA) is 126 Å². The minimum absolute atomic E-state index is 0.113. The number of sulfonamides is 1. The van der Waals surface area contributed by atoms with Gasteiger partial charge in [-0.25, -0.2) is 8.42 Å². The molecule has 0 heterocycles. The molecule has 0 aliphatic rings. The molecule has 0 saturated carbocycles. The van der Waals surface area contributed by atoms with Crippen LogP contribution >= 0.6 is 0 Å². The molecule has 0 aliphatic carbocycles. The van der Waals surface area contributed by atoms with E-state index in [0.29, 0.717) is 32.2 Å². The van der Waals surface area contributed by atoms with Gasteiger partial charge in [-0.05, 0) is 48.6 Å². The Morgan fingerprint density at radius 2 is 1.73 bits per heavy atom. The normalized spacial score (nSPS) is 11.9. The largest absolute Gasteiger partial charge is 0.507 e. The maximum Gasteiger partial charge on any atom is 0.246 e. The van der Waals surface area contributed by atoms with E-state index in [2.05, 4.69) is 26.0 Å². The van der Waals surface area contributed by atoms with E-state index in [1.807, 2.05) is 19.1 Å². The zero-order chi connectivity index (χ0) is 24.4. The van der Waals surface area contributed by atoms with Crippen LogP contribution in [0.15, 0.2) is 47.4 Å². The third-order valence-corrected chi connectivity index (χ3v) is 7.17. The maximum absolute atomic E-state index is 13.4. The average molecular weight is 478 g/mol. The van der Waals surface area contributed by atoms with Gasteiger partial charge in [0.05, 0.1) is 19.8 Å². The summed E-state index contributed by atoms with van der Waals surface area (Å²) in [5.74, 6) is -0.243. The van der Waals surface area contributed by atoms with Gasteiger partial charge in [-0.15, -0.1) is 0 Å². The molecule has 0 aromatic heterocycles. The summed E-state index contributed by atoms with van der Waals surface area (Å²) in [6, 6.07) is 12.0. The van der Waals surface area contributed by atoms with Gasteiger partial charge in [0, 0.05) is 25.3 Å². The number of nitrogens with one attached hydrogen (secondary N) is 1. The molecule has 182 valence electrons. The highest BCUT2D eigenvalue weighted by atomic mass is 32.2. The van der Waals surface area contributed by atoms with Crippen LogP contribution in [0, 0.1) is 5.41 Å². The summed E-state index contributed by atoms with van der Waals surface area (Å²) < 4.78 is 38.9. The van der Waals surface area contributed by atoms with Crippen molar-refractivity contribution in [2.75, 3.05) is 39.5 Å². The van der Waals surface area contributed by atoms with Crippen molar-refractivity contribution in [3.05, 3.63) is 59.2 Å². The third kappa shape index (κ3) is 7.82. The first-order valence-corrected chi connectivity index (χ1v) is 12.5. The van der Waals surface area contributed by atoms with Gasteiger partial charge in [0.1, 0.15) is 16.5 Å². The van der Waals surface area contributed by atoms with Crippen molar-refractivity contribution in [3.8, 4) is 5.75 Å². The lowest BCUT2D eigenvalue weighted by Gasteiger charge is -2.23. The quantitative estimate of drug-likeness (QED) is 0.218. The van der Waals surface area contributed by atoms with Crippen LogP contribution in [0.25, 0.3) is 0 Å². The van der Waals surface area contributed by atoms with Crippen LogP contribution in [0.2, 0.25) is 0 Å². The number of phenols is 1. The molecule has 0 saturated heterocycles. The molecule has 8 nitrogen and oxygen atoms in total. The van der Waals surface area contributed by atoms with E-state index >= 15 is 0 Å². The lowest BCUT2D eigenvalue weighted by molar-refractivity contribution is 0.0493. The Kier molecular flexibility index (Phi) is 10.3. The predicted molar refractivity (Wildman–Crippen MR) is 129 cm³/mol. The monoisotopic (exact) mass is 477 g/mol. The Morgan fingerprint density at radius 3 is 2.33 bits per heavy atom. The number of nitrogens with two attached hydrogens (primary N) is 1. The van der Waals surface area contributed by atoms with Crippen molar-refractivity contribution in [1.29, 1.82) is 5.41 Å². The molecule has 33 heavy (non-hydrogen) atoms. The molecule has 2 aromatic rings. The number of amidine groups is 1. The van der Waals surface area contributed by atoms with E-state index in [1.54, 1.807) is 0 Å². The SMILES string of the molecule is CCOCCOCCN(CCc1ccc(C(C)C)cc1)S(=O)(=O)c1cc(C(=N)N)ccc1O. The van der Waals surface area contributed by atoms with E-state index in [-0.39, 0.29) is 41.7 Å². The zero-order valence-electron chi connectivity index (χ0n) is 19.6. The molecule has 2 aromatic carbocycles. The highest BCUT2D eigenvalue weighted by Gasteiger charge is 2.27. The van der Waals surface area contributed by atoms with Gasteiger partial charge in [-0.3, -0.25) is 5.41 Å². The highest BCUT2D eigenvalue weighted by Crippen LogP contribution is 2.27. The van der Waals surface area contributed by atoms with Gasteiger partial charge in [0.2, 0.25) is 10.0 Å². The van der Waals surface area contributed by atoms with Crippen molar-refractivity contribution in [1.82, 2.24) is 4.31 Å².